The number of hydrogen-bond acceptors (Lipinski definition) is 5. The Morgan fingerprint density at radius 2 is 1.79 bits per heavy atom. The Hall–Kier alpha value is -2.18. The maximum Gasteiger partial charge on any atom is 0.168 e. The van der Waals surface area contributed by atoms with Crippen LogP contribution in [0.3, 0.4) is 0 Å². The summed E-state index contributed by atoms with van der Waals surface area (Å²) < 4.78 is 7.63. The Balaban J connectivity index is 1.78. The van der Waals surface area contributed by atoms with Crippen LogP contribution >= 0.6 is 11.6 Å². The number of rotatable bonds is 2. The van der Waals surface area contributed by atoms with Gasteiger partial charge in [-0.25, -0.2) is 14.6 Å². The SMILES string of the molecule is C[C@@H]1CN(c2ncnc3c2cnn3-c2ccc(Cl)cc2)C[C@H](C)O1. The summed E-state index contributed by atoms with van der Waals surface area (Å²) in [5.74, 6) is 0.905. The average molecular weight is 344 g/mol. The van der Waals surface area contributed by atoms with E-state index in [2.05, 4.69) is 33.8 Å². The van der Waals surface area contributed by atoms with Crippen LogP contribution in [-0.4, -0.2) is 45.0 Å². The molecule has 1 aliphatic rings. The molecule has 3 aromatic rings. The Kier molecular flexibility index (Phi) is 3.86. The lowest BCUT2D eigenvalue weighted by molar-refractivity contribution is -0.00537. The van der Waals surface area contributed by atoms with Gasteiger partial charge in [0.15, 0.2) is 5.65 Å². The molecule has 24 heavy (non-hydrogen) atoms. The van der Waals surface area contributed by atoms with Gasteiger partial charge in [-0.2, -0.15) is 5.10 Å². The minimum absolute atomic E-state index is 0.171. The van der Waals surface area contributed by atoms with Crippen molar-refractivity contribution in [2.75, 3.05) is 18.0 Å². The standard InChI is InChI=1S/C17H18ClN5O/c1-11-8-22(9-12(2)24-11)16-15-7-21-23(17(15)20-10-19-16)14-5-3-13(18)4-6-14/h3-7,10-12H,8-9H2,1-2H3/t11-,12+. The second kappa shape index (κ2) is 6.03. The predicted molar refractivity (Wildman–Crippen MR) is 93.9 cm³/mol. The predicted octanol–water partition coefficient (Wildman–Crippen LogP) is 3.08. The second-order valence-corrected chi connectivity index (χ2v) is 6.57. The number of aromatic nitrogens is 4. The molecule has 0 N–H and O–H groups in total. The lowest BCUT2D eigenvalue weighted by Crippen LogP contribution is -2.45. The molecule has 0 aliphatic carbocycles. The number of nitrogens with zero attached hydrogens (tertiary/aromatic N) is 5. The van der Waals surface area contributed by atoms with E-state index in [9.17, 15) is 0 Å². The van der Waals surface area contributed by atoms with Crippen molar-refractivity contribution >= 4 is 28.5 Å². The molecule has 2 atom stereocenters. The molecule has 1 saturated heterocycles. The van der Waals surface area contributed by atoms with E-state index in [0.717, 1.165) is 35.6 Å². The zero-order valence-corrected chi connectivity index (χ0v) is 14.3. The molecule has 7 heteroatoms. The van der Waals surface area contributed by atoms with Crippen LogP contribution in [0.5, 0.6) is 0 Å². The summed E-state index contributed by atoms with van der Waals surface area (Å²) in [5.41, 5.74) is 1.71. The van der Waals surface area contributed by atoms with Crippen molar-refractivity contribution in [3.63, 3.8) is 0 Å². The summed E-state index contributed by atoms with van der Waals surface area (Å²) in [7, 11) is 0. The Morgan fingerprint density at radius 3 is 2.50 bits per heavy atom. The molecule has 3 heterocycles. The van der Waals surface area contributed by atoms with Crippen LogP contribution in [-0.2, 0) is 4.74 Å². The monoisotopic (exact) mass is 343 g/mol. The molecule has 1 aromatic carbocycles. The van der Waals surface area contributed by atoms with E-state index in [1.807, 2.05) is 35.1 Å². The molecular formula is C17H18ClN5O. The van der Waals surface area contributed by atoms with Crippen molar-refractivity contribution in [1.82, 2.24) is 19.7 Å². The highest BCUT2D eigenvalue weighted by molar-refractivity contribution is 6.30. The lowest BCUT2D eigenvalue weighted by atomic mass is 10.2. The Labute approximate surface area is 145 Å². The zero-order chi connectivity index (χ0) is 16.7. The van der Waals surface area contributed by atoms with Gasteiger partial charge in [-0.1, -0.05) is 11.6 Å². The number of anilines is 1. The largest absolute Gasteiger partial charge is 0.372 e. The maximum atomic E-state index is 5.97. The van der Waals surface area contributed by atoms with Gasteiger partial charge >= 0.3 is 0 Å². The van der Waals surface area contributed by atoms with Gasteiger partial charge in [0.05, 0.1) is 29.5 Å². The van der Waals surface area contributed by atoms with E-state index >= 15 is 0 Å². The summed E-state index contributed by atoms with van der Waals surface area (Å²) >= 11 is 5.97. The van der Waals surface area contributed by atoms with Gasteiger partial charge < -0.3 is 9.64 Å². The first-order chi connectivity index (χ1) is 11.6. The van der Waals surface area contributed by atoms with Crippen molar-refractivity contribution in [2.45, 2.75) is 26.1 Å². The van der Waals surface area contributed by atoms with E-state index in [0.29, 0.717) is 5.02 Å². The first-order valence-electron chi connectivity index (χ1n) is 7.97. The third-order valence-electron chi connectivity index (χ3n) is 4.14. The molecule has 6 nitrogen and oxygen atoms in total. The number of benzene rings is 1. The smallest absolute Gasteiger partial charge is 0.168 e. The summed E-state index contributed by atoms with van der Waals surface area (Å²) in [6.07, 6.45) is 3.76. The highest BCUT2D eigenvalue weighted by atomic mass is 35.5. The molecule has 0 radical (unpaired) electrons. The average Bonchev–Trinajstić information content (AvgIpc) is 2.98. The van der Waals surface area contributed by atoms with Gasteiger partial charge in [-0.05, 0) is 38.1 Å². The second-order valence-electron chi connectivity index (χ2n) is 6.13. The molecule has 124 valence electrons. The fraction of sp³-hybridized carbons (Fsp3) is 0.353. The van der Waals surface area contributed by atoms with Crippen molar-refractivity contribution in [3.05, 3.63) is 41.8 Å². The van der Waals surface area contributed by atoms with Crippen molar-refractivity contribution in [3.8, 4) is 5.69 Å². The maximum absolute atomic E-state index is 5.97. The molecule has 1 fully saturated rings. The highest BCUT2D eigenvalue weighted by Gasteiger charge is 2.25. The van der Waals surface area contributed by atoms with E-state index in [1.165, 1.54) is 0 Å². The number of hydrogen-bond donors (Lipinski definition) is 0. The van der Waals surface area contributed by atoms with Crippen molar-refractivity contribution in [1.29, 1.82) is 0 Å². The summed E-state index contributed by atoms with van der Waals surface area (Å²) in [6.45, 7) is 5.78. The molecule has 0 amide bonds. The van der Waals surface area contributed by atoms with Crippen LogP contribution in [0.2, 0.25) is 5.02 Å². The van der Waals surface area contributed by atoms with Crippen molar-refractivity contribution < 1.29 is 4.74 Å². The lowest BCUT2D eigenvalue weighted by Gasteiger charge is -2.36. The third-order valence-corrected chi connectivity index (χ3v) is 4.39. The van der Waals surface area contributed by atoms with Crippen LogP contribution in [0.15, 0.2) is 36.8 Å². The van der Waals surface area contributed by atoms with Gasteiger partial charge in [0.2, 0.25) is 0 Å². The Morgan fingerprint density at radius 1 is 1.08 bits per heavy atom. The van der Waals surface area contributed by atoms with E-state index in [-0.39, 0.29) is 12.2 Å². The molecule has 4 rings (SSSR count). The van der Waals surface area contributed by atoms with Crippen LogP contribution in [0.1, 0.15) is 13.8 Å². The minimum Gasteiger partial charge on any atom is -0.372 e. The van der Waals surface area contributed by atoms with Crippen LogP contribution in [0.25, 0.3) is 16.7 Å². The first kappa shape index (κ1) is 15.4. The minimum atomic E-state index is 0.171. The fourth-order valence-corrected chi connectivity index (χ4v) is 3.33. The molecule has 0 unspecified atom stereocenters. The van der Waals surface area contributed by atoms with Gasteiger partial charge in [-0.15, -0.1) is 0 Å². The molecule has 1 aliphatic heterocycles. The molecule has 2 aromatic heterocycles. The third kappa shape index (κ3) is 2.72. The van der Waals surface area contributed by atoms with Gasteiger partial charge in [0.1, 0.15) is 12.1 Å². The van der Waals surface area contributed by atoms with Crippen LogP contribution in [0, 0.1) is 0 Å². The van der Waals surface area contributed by atoms with Crippen molar-refractivity contribution in [2.24, 2.45) is 0 Å². The van der Waals surface area contributed by atoms with E-state index in [1.54, 1.807) is 6.33 Å². The normalized spacial score (nSPS) is 21.4. The fourth-order valence-electron chi connectivity index (χ4n) is 3.21. The summed E-state index contributed by atoms with van der Waals surface area (Å²) in [5, 5.41) is 6.14. The molecule has 0 spiro atoms. The molecule has 0 bridgehead atoms. The van der Waals surface area contributed by atoms with Gasteiger partial charge in [0, 0.05) is 18.1 Å². The van der Waals surface area contributed by atoms with Crippen LogP contribution < -0.4 is 4.90 Å². The van der Waals surface area contributed by atoms with Crippen LogP contribution in [0.4, 0.5) is 5.82 Å². The number of ether oxygens (including phenoxy) is 1. The van der Waals surface area contributed by atoms with Gasteiger partial charge in [-0.3, -0.25) is 0 Å². The number of morpholine rings is 1. The molecule has 0 saturated carbocycles. The Bertz CT molecular complexity index is 853. The van der Waals surface area contributed by atoms with E-state index < -0.39 is 0 Å². The summed E-state index contributed by atoms with van der Waals surface area (Å²) in [4.78, 5) is 11.2. The quantitative estimate of drug-likeness (QED) is 0.715. The first-order valence-corrected chi connectivity index (χ1v) is 8.34. The zero-order valence-electron chi connectivity index (χ0n) is 13.6. The molecular weight excluding hydrogens is 326 g/mol. The van der Waals surface area contributed by atoms with Gasteiger partial charge in [0.25, 0.3) is 0 Å². The number of fused-ring (bicyclic) bond motifs is 1. The summed E-state index contributed by atoms with van der Waals surface area (Å²) in [6, 6.07) is 7.54. The highest BCUT2D eigenvalue weighted by Crippen LogP contribution is 2.27. The van der Waals surface area contributed by atoms with E-state index in [4.69, 9.17) is 16.3 Å². The number of halogens is 1. The topological polar surface area (TPSA) is 56.1 Å².